The Bertz CT molecular complexity index is 685. The minimum absolute atomic E-state index is 0.0556. The van der Waals surface area contributed by atoms with E-state index in [2.05, 4.69) is 0 Å². The Morgan fingerprint density at radius 3 is 2.28 bits per heavy atom. The van der Waals surface area contributed by atoms with Crippen LogP contribution >= 0.6 is 0 Å². The molecule has 0 amide bonds. The van der Waals surface area contributed by atoms with Crippen LogP contribution in [0.2, 0.25) is 0 Å². The molecule has 1 aromatic rings. The van der Waals surface area contributed by atoms with Gasteiger partial charge in [0.25, 0.3) is 5.56 Å². The lowest BCUT2D eigenvalue weighted by molar-refractivity contribution is 0.786. The number of fused-ring (bicyclic) bond motifs is 1. The van der Waals surface area contributed by atoms with Crippen LogP contribution in [-0.4, -0.2) is 4.57 Å². The fraction of sp³-hybridized carbons (Fsp3) is 0.0625. The molecule has 0 saturated carbocycles. The molecule has 0 fully saturated rings. The molecular formula is C16H13NO. The molecule has 1 heterocycles. The van der Waals surface area contributed by atoms with Crippen LogP contribution in [0.3, 0.4) is 0 Å². The molecular weight excluding hydrogens is 222 g/mol. The van der Waals surface area contributed by atoms with Crippen LogP contribution in [0.25, 0.3) is 11.3 Å². The van der Waals surface area contributed by atoms with Crippen LogP contribution < -0.4 is 5.56 Å². The summed E-state index contributed by atoms with van der Waals surface area (Å²) >= 11 is 0. The second-order valence-corrected chi connectivity index (χ2v) is 4.31. The molecule has 2 nitrogen and oxygen atoms in total. The smallest absolute Gasteiger partial charge is 0.251 e. The molecule has 88 valence electrons. The molecule has 2 aliphatic rings. The van der Waals surface area contributed by atoms with Crippen molar-refractivity contribution in [2.24, 2.45) is 0 Å². The van der Waals surface area contributed by atoms with E-state index in [9.17, 15) is 4.79 Å². The number of benzene rings is 1. The molecule has 0 saturated heterocycles. The molecule has 1 aliphatic heterocycles. The third kappa shape index (κ3) is 1.93. The zero-order chi connectivity index (χ0) is 12.4. The van der Waals surface area contributed by atoms with Gasteiger partial charge in [-0.05, 0) is 11.6 Å². The summed E-state index contributed by atoms with van der Waals surface area (Å²) in [6.07, 6.45) is 0. The Morgan fingerprint density at radius 1 is 0.833 bits per heavy atom. The van der Waals surface area contributed by atoms with E-state index in [-0.39, 0.29) is 5.56 Å². The molecule has 1 aromatic carbocycles. The van der Waals surface area contributed by atoms with Gasteiger partial charge in [-0.3, -0.25) is 4.79 Å². The molecule has 0 bridgehead atoms. The summed E-state index contributed by atoms with van der Waals surface area (Å²) in [4.78, 5) is 12.0. The molecule has 2 heteroatoms. The second-order valence-electron chi connectivity index (χ2n) is 4.31. The van der Waals surface area contributed by atoms with Crippen LogP contribution in [0.4, 0.5) is 0 Å². The van der Waals surface area contributed by atoms with Gasteiger partial charge in [0.15, 0.2) is 0 Å². The van der Waals surface area contributed by atoms with E-state index in [0.717, 1.165) is 16.8 Å². The van der Waals surface area contributed by atoms with Gasteiger partial charge in [-0.1, -0.05) is 54.6 Å². The Morgan fingerprint density at radius 2 is 1.50 bits per heavy atom. The summed E-state index contributed by atoms with van der Waals surface area (Å²) < 4.78 is 1.81. The Hall–Kier alpha value is -2.35. The zero-order valence-corrected chi connectivity index (χ0v) is 9.91. The maximum atomic E-state index is 12.0. The number of hydrogen-bond donors (Lipinski definition) is 0. The predicted octanol–water partition coefficient (Wildman–Crippen LogP) is 3.00. The summed E-state index contributed by atoms with van der Waals surface area (Å²) in [5.74, 6) is 0. The van der Waals surface area contributed by atoms with Crippen LogP contribution in [0.5, 0.6) is 0 Å². The minimum Gasteiger partial charge on any atom is -0.304 e. The van der Waals surface area contributed by atoms with Crippen LogP contribution in [0, 0.1) is 0 Å². The highest BCUT2D eigenvalue weighted by atomic mass is 16.1. The van der Waals surface area contributed by atoms with Crippen molar-refractivity contribution in [3.63, 3.8) is 0 Å². The van der Waals surface area contributed by atoms with Gasteiger partial charge in [-0.2, -0.15) is 0 Å². The van der Waals surface area contributed by atoms with Gasteiger partial charge in [0.1, 0.15) is 0 Å². The fourth-order valence-electron chi connectivity index (χ4n) is 2.18. The summed E-state index contributed by atoms with van der Waals surface area (Å²) in [5.41, 5.74) is 3.16. The highest BCUT2D eigenvalue weighted by molar-refractivity contribution is 5.61. The quantitative estimate of drug-likeness (QED) is 0.669. The van der Waals surface area contributed by atoms with Gasteiger partial charge >= 0.3 is 0 Å². The van der Waals surface area contributed by atoms with Gasteiger partial charge in [-0.15, -0.1) is 0 Å². The molecule has 3 rings (SSSR count). The largest absolute Gasteiger partial charge is 0.304 e. The lowest BCUT2D eigenvalue weighted by Gasteiger charge is -2.05. The van der Waals surface area contributed by atoms with Gasteiger partial charge in [0.2, 0.25) is 0 Å². The van der Waals surface area contributed by atoms with Crippen molar-refractivity contribution in [2.45, 2.75) is 6.54 Å². The van der Waals surface area contributed by atoms with Gasteiger partial charge < -0.3 is 4.57 Å². The Balaban J connectivity index is 2.09. The monoisotopic (exact) mass is 235 g/mol. The van der Waals surface area contributed by atoms with E-state index in [0.29, 0.717) is 6.54 Å². The maximum Gasteiger partial charge on any atom is 0.251 e. The van der Waals surface area contributed by atoms with E-state index >= 15 is 0 Å². The predicted molar refractivity (Wildman–Crippen MR) is 72.9 cm³/mol. The van der Waals surface area contributed by atoms with Gasteiger partial charge in [0, 0.05) is 11.6 Å². The molecule has 0 unspecified atom stereocenters. The third-order valence-electron chi connectivity index (χ3n) is 3.07. The lowest BCUT2D eigenvalue weighted by Crippen LogP contribution is -2.15. The highest BCUT2D eigenvalue weighted by Gasteiger charge is 2.10. The van der Waals surface area contributed by atoms with Crippen LogP contribution in [0.1, 0.15) is 5.56 Å². The average Bonchev–Trinajstić information content (AvgIpc) is 2.56. The van der Waals surface area contributed by atoms with Gasteiger partial charge in [-0.25, -0.2) is 0 Å². The standard InChI is InChI=1S/C16H13NO/c18-16-11-14-9-5-2-6-10-15(14)17(16)12-13-7-3-1-4-8-13/h1-11H,12H2. The normalized spacial score (nSPS) is 10.7. The first-order valence-electron chi connectivity index (χ1n) is 5.97. The van der Waals surface area contributed by atoms with E-state index in [4.69, 9.17) is 0 Å². The summed E-state index contributed by atoms with van der Waals surface area (Å²) in [5, 5.41) is 0. The molecule has 0 radical (unpaired) electrons. The number of rotatable bonds is 2. The number of aromatic nitrogens is 1. The third-order valence-corrected chi connectivity index (χ3v) is 3.07. The van der Waals surface area contributed by atoms with Crippen molar-refractivity contribution >= 4 is 0 Å². The molecule has 0 aromatic heterocycles. The Labute approximate surface area is 105 Å². The summed E-state index contributed by atoms with van der Waals surface area (Å²) in [6, 6.07) is 21.6. The number of hydrogen-bond acceptors (Lipinski definition) is 1. The highest BCUT2D eigenvalue weighted by Crippen LogP contribution is 2.19. The van der Waals surface area contributed by atoms with Gasteiger partial charge in [0.05, 0.1) is 12.2 Å². The fourth-order valence-corrected chi connectivity index (χ4v) is 2.18. The Kier molecular flexibility index (Phi) is 2.69. The topological polar surface area (TPSA) is 22.0 Å². The van der Waals surface area contributed by atoms with Crippen molar-refractivity contribution < 1.29 is 0 Å². The first-order chi connectivity index (χ1) is 8.84. The molecule has 0 spiro atoms. The number of nitrogens with zero attached hydrogens (tertiary/aromatic N) is 1. The summed E-state index contributed by atoms with van der Waals surface area (Å²) in [6.45, 7) is 0.618. The zero-order valence-electron chi connectivity index (χ0n) is 9.91. The van der Waals surface area contributed by atoms with Crippen molar-refractivity contribution in [1.82, 2.24) is 4.57 Å². The molecule has 0 N–H and O–H groups in total. The van der Waals surface area contributed by atoms with E-state index in [1.165, 1.54) is 0 Å². The van der Waals surface area contributed by atoms with E-state index in [1.807, 2.05) is 65.2 Å². The first kappa shape index (κ1) is 10.8. The van der Waals surface area contributed by atoms with Crippen molar-refractivity contribution in [1.29, 1.82) is 0 Å². The van der Waals surface area contributed by atoms with Crippen molar-refractivity contribution in [2.75, 3.05) is 0 Å². The summed E-state index contributed by atoms with van der Waals surface area (Å²) in [7, 11) is 0. The SMILES string of the molecule is O=c1cc2cccccc-2n1Cc1ccccc1. The van der Waals surface area contributed by atoms with Crippen molar-refractivity contribution in [3.05, 3.63) is 82.6 Å². The average molecular weight is 235 g/mol. The maximum absolute atomic E-state index is 12.0. The lowest BCUT2D eigenvalue weighted by atomic mass is 10.2. The van der Waals surface area contributed by atoms with Crippen LogP contribution in [-0.2, 0) is 6.54 Å². The molecule has 1 aliphatic carbocycles. The minimum atomic E-state index is 0.0556. The van der Waals surface area contributed by atoms with Crippen molar-refractivity contribution in [3.8, 4) is 11.3 Å². The van der Waals surface area contributed by atoms with E-state index in [1.54, 1.807) is 6.07 Å². The molecule has 0 atom stereocenters. The first-order valence-corrected chi connectivity index (χ1v) is 5.97. The van der Waals surface area contributed by atoms with E-state index < -0.39 is 0 Å². The molecule has 18 heavy (non-hydrogen) atoms. The second kappa shape index (κ2) is 4.49. The van der Waals surface area contributed by atoms with Crippen LogP contribution in [0.15, 0.2) is 71.5 Å².